The number of hydrogen-bond acceptors (Lipinski definition) is 4. The zero-order valence-electron chi connectivity index (χ0n) is 13.4. The summed E-state index contributed by atoms with van der Waals surface area (Å²) >= 11 is 3.26. The van der Waals surface area contributed by atoms with Crippen molar-refractivity contribution in [1.82, 2.24) is 5.32 Å². The van der Waals surface area contributed by atoms with Gasteiger partial charge in [0.05, 0.1) is 10.8 Å². The van der Waals surface area contributed by atoms with Crippen molar-refractivity contribution in [2.75, 3.05) is 6.26 Å². The van der Waals surface area contributed by atoms with Crippen LogP contribution in [-0.2, 0) is 14.6 Å². The second-order valence-electron chi connectivity index (χ2n) is 6.25. The minimum atomic E-state index is -3.36. The molecule has 0 radical (unpaired) electrons. The lowest BCUT2D eigenvalue weighted by molar-refractivity contribution is -0.121. The van der Waals surface area contributed by atoms with E-state index in [4.69, 9.17) is 5.73 Å². The molecule has 0 saturated heterocycles. The number of primary amides is 1. The predicted molar refractivity (Wildman–Crippen MR) is 94.3 cm³/mol. The van der Waals surface area contributed by atoms with Crippen molar-refractivity contribution in [3.8, 4) is 0 Å². The third-order valence-electron chi connectivity index (χ3n) is 4.36. The van der Waals surface area contributed by atoms with Crippen LogP contribution in [0, 0.1) is 5.92 Å². The lowest BCUT2D eigenvalue weighted by Crippen LogP contribution is -2.38. The zero-order chi connectivity index (χ0) is 17.9. The van der Waals surface area contributed by atoms with Crippen LogP contribution < -0.4 is 11.1 Å². The van der Waals surface area contributed by atoms with E-state index < -0.39 is 27.7 Å². The number of carbonyl (C=O) groups is 2. The highest BCUT2D eigenvalue weighted by Crippen LogP contribution is 2.36. The molecule has 1 unspecified atom stereocenters. The second-order valence-corrected chi connectivity index (χ2v) is 9.09. The predicted octanol–water partition coefficient (Wildman–Crippen LogP) is 2.71. The molecule has 0 spiro atoms. The number of sulfone groups is 1. The molecule has 2 rings (SSSR count). The van der Waals surface area contributed by atoms with Gasteiger partial charge in [0.1, 0.15) is 0 Å². The average Bonchev–Trinajstić information content (AvgIpc) is 2.95. The van der Waals surface area contributed by atoms with Crippen LogP contribution in [0.15, 0.2) is 27.6 Å². The molecule has 3 N–H and O–H groups in total. The molecular weight excluding hydrogens is 396 g/mol. The van der Waals surface area contributed by atoms with Gasteiger partial charge in [0, 0.05) is 10.7 Å². The highest BCUT2D eigenvalue weighted by atomic mass is 79.9. The maximum atomic E-state index is 12.4. The Hall–Kier alpha value is -1.41. The van der Waals surface area contributed by atoms with E-state index >= 15 is 0 Å². The topological polar surface area (TPSA) is 106 Å². The lowest BCUT2D eigenvalue weighted by Gasteiger charge is -2.20. The summed E-state index contributed by atoms with van der Waals surface area (Å²) in [7, 11) is -3.36. The molecule has 1 aliphatic carbocycles. The first-order chi connectivity index (χ1) is 11.2. The Morgan fingerprint density at radius 1 is 1.33 bits per heavy atom. The molecular formula is C16H21BrN2O4S. The first kappa shape index (κ1) is 18.9. The molecule has 1 aromatic carbocycles. The van der Waals surface area contributed by atoms with E-state index in [0.29, 0.717) is 22.4 Å². The summed E-state index contributed by atoms with van der Waals surface area (Å²) in [6.07, 6.45) is 6.15. The Morgan fingerprint density at radius 2 is 1.96 bits per heavy atom. The lowest BCUT2D eigenvalue weighted by atomic mass is 9.87. The summed E-state index contributed by atoms with van der Waals surface area (Å²) in [5, 5.41) is 2.15. The van der Waals surface area contributed by atoms with Crippen molar-refractivity contribution in [2.45, 2.75) is 42.9 Å². The van der Waals surface area contributed by atoms with Crippen molar-refractivity contribution < 1.29 is 18.0 Å². The summed E-state index contributed by atoms with van der Waals surface area (Å²) in [6.45, 7) is 0. The van der Waals surface area contributed by atoms with Crippen LogP contribution in [0.25, 0.3) is 0 Å². The summed E-state index contributed by atoms with van der Waals surface area (Å²) in [4.78, 5) is 23.6. The summed E-state index contributed by atoms with van der Waals surface area (Å²) in [5.74, 6) is -0.569. The number of hydrogen-bond donors (Lipinski definition) is 2. The van der Waals surface area contributed by atoms with Crippen molar-refractivity contribution >= 4 is 37.7 Å². The number of nitrogens with one attached hydrogen (secondary N) is 1. The Morgan fingerprint density at radius 3 is 2.46 bits per heavy atom. The molecule has 1 atom stereocenters. The van der Waals surface area contributed by atoms with Crippen LogP contribution in [0.3, 0.4) is 0 Å². The van der Waals surface area contributed by atoms with Crippen LogP contribution in [-0.4, -0.2) is 26.6 Å². The summed E-state index contributed by atoms with van der Waals surface area (Å²) < 4.78 is 23.9. The molecule has 8 heteroatoms. The van der Waals surface area contributed by atoms with Gasteiger partial charge >= 0.3 is 6.03 Å². The normalized spacial score (nSPS) is 16.8. The number of halogens is 1. The van der Waals surface area contributed by atoms with Crippen LogP contribution in [0.5, 0.6) is 0 Å². The zero-order valence-corrected chi connectivity index (χ0v) is 15.8. The van der Waals surface area contributed by atoms with Gasteiger partial charge in [-0.25, -0.2) is 13.2 Å². The molecule has 0 bridgehead atoms. The summed E-state index contributed by atoms with van der Waals surface area (Å²) in [6, 6.07) is 3.86. The van der Waals surface area contributed by atoms with Crippen molar-refractivity contribution in [3.05, 3.63) is 28.2 Å². The van der Waals surface area contributed by atoms with E-state index in [9.17, 15) is 18.0 Å². The number of amides is 3. The molecule has 0 aliphatic heterocycles. The molecule has 1 saturated carbocycles. The molecule has 1 aromatic rings. The van der Waals surface area contributed by atoms with Crippen molar-refractivity contribution in [1.29, 1.82) is 0 Å². The fourth-order valence-corrected chi connectivity index (χ4v) is 5.22. The van der Waals surface area contributed by atoms with E-state index in [0.717, 1.165) is 31.9 Å². The number of rotatable bonds is 5. The molecule has 0 aromatic heterocycles. The van der Waals surface area contributed by atoms with Gasteiger partial charge in [-0.2, -0.15) is 0 Å². The highest BCUT2D eigenvalue weighted by molar-refractivity contribution is 9.10. The van der Waals surface area contributed by atoms with Gasteiger partial charge in [-0.05, 0) is 46.0 Å². The molecule has 132 valence electrons. The first-order valence-electron chi connectivity index (χ1n) is 7.78. The number of imide groups is 1. The van der Waals surface area contributed by atoms with E-state index in [1.807, 2.05) is 0 Å². The fourth-order valence-electron chi connectivity index (χ4n) is 3.22. The third-order valence-corrected chi connectivity index (χ3v) is 6.44. The van der Waals surface area contributed by atoms with E-state index in [1.54, 1.807) is 12.1 Å². The largest absolute Gasteiger partial charge is 0.351 e. The Balaban J connectivity index is 2.33. The molecule has 1 fully saturated rings. The van der Waals surface area contributed by atoms with E-state index in [-0.39, 0.29) is 4.90 Å². The van der Waals surface area contributed by atoms with Gasteiger partial charge in [0.15, 0.2) is 9.84 Å². The number of nitrogens with two attached hydrogens (primary N) is 1. The molecule has 6 nitrogen and oxygen atoms in total. The third kappa shape index (κ3) is 4.80. The van der Waals surface area contributed by atoms with Crippen molar-refractivity contribution in [3.63, 3.8) is 0 Å². The van der Waals surface area contributed by atoms with Gasteiger partial charge in [-0.1, -0.05) is 31.7 Å². The Labute approximate surface area is 150 Å². The molecule has 24 heavy (non-hydrogen) atoms. The smallest absolute Gasteiger partial charge is 0.318 e. The quantitative estimate of drug-likeness (QED) is 0.768. The number of benzene rings is 1. The molecule has 3 amide bonds. The highest BCUT2D eigenvalue weighted by Gasteiger charge is 2.28. The number of urea groups is 1. The van der Waals surface area contributed by atoms with E-state index in [2.05, 4.69) is 21.2 Å². The summed E-state index contributed by atoms with van der Waals surface area (Å²) in [5.41, 5.74) is 5.74. The molecule has 0 heterocycles. The maximum absolute atomic E-state index is 12.4. The van der Waals surface area contributed by atoms with Gasteiger partial charge in [0.2, 0.25) is 5.91 Å². The van der Waals surface area contributed by atoms with Gasteiger partial charge in [0.25, 0.3) is 0 Å². The van der Waals surface area contributed by atoms with Crippen LogP contribution in [0.4, 0.5) is 4.79 Å². The van der Waals surface area contributed by atoms with Crippen LogP contribution >= 0.6 is 15.9 Å². The van der Waals surface area contributed by atoms with Gasteiger partial charge in [-0.15, -0.1) is 0 Å². The van der Waals surface area contributed by atoms with Gasteiger partial charge in [-0.3, -0.25) is 10.1 Å². The monoisotopic (exact) mass is 416 g/mol. The van der Waals surface area contributed by atoms with Crippen LogP contribution in [0.2, 0.25) is 0 Å². The van der Waals surface area contributed by atoms with Gasteiger partial charge < -0.3 is 5.73 Å². The maximum Gasteiger partial charge on any atom is 0.318 e. The first-order valence-corrected chi connectivity index (χ1v) is 10.5. The minimum absolute atomic E-state index is 0.168. The fraction of sp³-hybridized carbons (Fsp3) is 0.500. The second kappa shape index (κ2) is 7.65. The van der Waals surface area contributed by atoms with Crippen molar-refractivity contribution in [2.24, 2.45) is 11.7 Å². The Kier molecular flexibility index (Phi) is 6.03. The minimum Gasteiger partial charge on any atom is -0.351 e. The average molecular weight is 417 g/mol. The molecule has 1 aliphatic rings. The van der Waals surface area contributed by atoms with E-state index in [1.165, 1.54) is 6.07 Å². The number of carbonyl (C=O) groups excluding carboxylic acids is 2. The SMILES string of the molecule is CS(=O)(=O)c1ccc(C(CC2CCCC2)C(=O)NC(N)=O)cc1Br. The Bertz CT molecular complexity index is 742. The standard InChI is InChI=1S/C16H21BrN2O4S/c1-24(22,23)14-7-6-11(9-13(14)17)12(15(20)19-16(18)21)8-10-4-2-3-5-10/h6-7,9-10,12H,2-5,8H2,1H3,(H3,18,19,20,21). The van der Waals surface area contributed by atoms with Crippen LogP contribution in [0.1, 0.15) is 43.6 Å².